The average Bonchev–Trinajstić information content (AvgIpc) is 3.17. The first-order valence-corrected chi connectivity index (χ1v) is 11.0. The number of benzene rings is 1. The Morgan fingerprint density at radius 2 is 1.93 bits per heavy atom. The van der Waals surface area contributed by atoms with E-state index < -0.39 is 4.92 Å². The van der Waals surface area contributed by atoms with E-state index in [1.54, 1.807) is 23.5 Å². The topological polar surface area (TPSA) is 88.3 Å². The molecule has 30 heavy (non-hydrogen) atoms. The minimum atomic E-state index is -0.396. The minimum Gasteiger partial charge on any atom is -0.355 e. The zero-order valence-corrected chi connectivity index (χ0v) is 17.7. The molecule has 4 rings (SSSR count). The molecule has 0 aliphatic carbocycles. The molecule has 2 aromatic heterocycles. The lowest BCUT2D eigenvalue weighted by molar-refractivity contribution is -0.384. The molecule has 1 aliphatic rings. The maximum absolute atomic E-state index is 10.9. The summed E-state index contributed by atoms with van der Waals surface area (Å²) in [6.45, 7) is 6.78. The Morgan fingerprint density at radius 1 is 1.10 bits per heavy atom. The van der Waals surface area contributed by atoms with Crippen LogP contribution in [0.1, 0.15) is 24.7 Å². The van der Waals surface area contributed by atoms with Crippen molar-refractivity contribution < 1.29 is 4.92 Å². The van der Waals surface area contributed by atoms with Gasteiger partial charge >= 0.3 is 0 Å². The molecule has 0 atom stereocenters. The van der Waals surface area contributed by atoms with Gasteiger partial charge in [-0.15, -0.1) is 11.3 Å². The van der Waals surface area contributed by atoms with E-state index in [1.165, 1.54) is 12.1 Å². The van der Waals surface area contributed by atoms with E-state index in [1.807, 2.05) is 5.51 Å². The number of aryl methyl sites for hydroxylation is 1. The molecule has 1 aromatic carbocycles. The van der Waals surface area contributed by atoms with Crippen molar-refractivity contribution in [2.75, 3.05) is 31.1 Å². The Morgan fingerprint density at radius 3 is 2.63 bits per heavy atom. The molecule has 0 amide bonds. The van der Waals surface area contributed by atoms with Crippen LogP contribution in [-0.4, -0.2) is 51.0 Å². The third kappa shape index (κ3) is 4.80. The number of nitro groups is 1. The monoisotopic (exact) mass is 424 g/mol. The van der Waals surface area contributed by atoms with Gasteiger partial charge in [0.25, 0.3) is 5.69 Å². The maximum Gasteiger partial charge on any atom is 0.269 e. The number of hydrogen-bond donors (Lipinski definition) is 0. The Hall–Kier alpha value is -2.91. The van der Waals surface area contributed by atoms with E-state index in [0.717, 1.165) is 68.3 Å². The van der Waals surface area contributed by atoms with Gasteiger partial charge in [-0.3, -0.25) is 15.0 Å². The molecule has 3 aromatic rings. The van der Waals surface area contributed by atoms with Gasteiger partial charge in [0.05, 0.1) is 16.1 Å². The largest absolute Gasteiger partial charge is 0.355 e. The van der Waals surface area contributed by atoms with Crippen molar-refractivity contribution in [1.29, 1.82) is 0 Å². The molecule has 0 saturated carbocycles. The molecule has 0 N–H and O–H groups in total. The summed E-state index contributed by atoms with van der Waals surface area (Å²) in [6, 6.07) is 8.49. The summed E-state index contributed by atoms with van der Waals surface area (Å²) in [5.74, 6) is 1.54. The molecule has 1 aliphatic heterocycles. The molecule has 0 radical (unpaired) electrons. The van der Waals surface area contributed by atoms with Gasteiger partial charge in [0.15, 0.2) is 5.82 Å². The molecule has 0 spiro atoms. The summed E-state index contributed by atoms with van der Waals surface area (Å²) in [7, 11) is 0. The lowest BCUT2D eigenvalue weighted by atomic mass is 10.2. The van der Waals surface area contributed by atoms with E-state index >= 15 is 0 Å². The van der Waals surface area contributed by atoms with Crippen LogP contribution in [0.15, 0.2) is 41.2 Å². The maximum atomic E-state index is 10.9. The molecule has 9 heteroatoms. The minimum absolute atomic E-state index is 0.0679. The summed E-state index contributed by atoms with van der Waals surface area (Å²) < 4.78 is 0. The average molecular weight is 425 g/mol. The quantitative estimate of drug-likeness (QED) is 0.439. The number of nitro benzene ring substituents is 1. The second-order valence-corrected chi connectivity index (χ2v) is 8.01. The van der Waals surface area contributed by atoms with Crippen LogP contribution >= 0.6 is 11.3 Å². The van der Waals surface area contributed by atoms with Crippen LogP contribution in [0, 0.1) is 10.1 Å². The van der Waals surface area contributed by atoms with E-state index in [9.17, 15) is 10.1 Å². The molecule has 8 nitrogen and oxygen atoms in total. The van der Waals surface area contributed by atoms with Crippen LogP contribution in [0.5, 0.6) is 0 Å². The molecular weight excluding hydrogens is 400 g/mol. The van der Waals surface area contributed by atoms with Gasteiger partial charge in [-0.2, -0.15) is 0 Å². The summed E-state index contributed by atoms with van der Waals surface area (Å²) in [4.78, 5) is 29.2. The highest BCUT2D eigenvalue weighted by molar-refractivity contribution is 7.07. The number of aromatic nitrogens is 3. The molecule has 0 unspecified atom stereocenters. The summed E-state index contributed by atoms with van der Waals surface area (Å²) in [6.07, 6.45) is 1.86. The number of anilines is 1. The summed E-state index contributed by atoms with van der Waals surface area (Å²) >= 11 is 1.63. The van der Waals surface area contributed by atoms with Gasteiger partial charge in [0.1, 0.15) is 5.82 Å². The van der Waals surface area contributed by atoms with E-state index in [0.29, 0.717) is 5.82 Å². The number of thiazole rings is 1. The zero-order valence-electron chi connectivity index (χ0n) is 16.9. The van der Waals surface area contributed by atoms with E-state index in [-0.39, 0.29) is 5.69 Å². The van der Waals surface area contributed by atoms with Gasteiger partial charge in [0, 0.05) is 67.6 Å². The summed E-state index contributed by atoms with van der Waals surface area (Å²) in [5.41, 5.74) is 4.84. The molecule has 0 bridgehead atoms. The first-order chi connectivity index (χ1) is 14.6. The Balaban J connectivity index is 1.53. The van der Waals surface area contributed by atoms with Crippen molar-refractivity contribution in [3.05, 3.63) is 62.7 Å². The SMILES string of the molecule is CCc1cc(N2CCCN(Cc3cscn3)CC2)nc(-c2ccc([N+](=O)[O-])cc2)n1. The van der Waals surface area contributed by atoms with Crippen LogP contribution in [0.4, 0.5) is 11.5 Å². The number of rotatable bonds is 6. The predicted molar refractivity (Wildman–Crippen MR) is 118 cm³/mol. The highest BCUT2D eigenvalue weighted by atomic mass is 32.1. The summed E-state index contributed by atoms with van der Waals surface area (Å²) in [5, 5.41) is 13.0. The van der Waals surface area contributed by atoms with E-state index in [2.05, 4.69) is 38.1 Å². The van der Waals surface area contributed by atoms with Crippen molar-refractivity contribution in [3.8, 4) is 11.4 Å². The van der Waals surface area contributed by atoms with Crippen LogP contribution in [0.25, 0.3) is 11.4 Å². The van der Waals surface area contributed by atoms with Crippen molar-refractivity contribution in [1.82, 2.24) is 19.9 Å². The van der Waals surface area contributed by atoms with Gasteiger partial charge in [0.2, 0.25) is 0 Å². The molecule has 3 heterocycles. The smallest absolute Gasteiger partial charge is 0.269 e. The zero-order chi connectivity index (χ0) is 20.9. The molecular formula is C21H24N6O2S. The van der Waals surface area contributed by atoms with Crippen molar-refractivity contribution in [2.45, 2.75) is 26.3 Å². The fraction of sp³-hybridized carbons (Fsp3) is 0.381. The van der Waals surface area contributed by atoms with Gasteiger partial charge in [-0.1, -0.05) is 6.92 Å². The third-order valence-corrected chi connectivity index (χ3v) is 5.88. The van der Waals surface area contributed by atoms with Gasteiger partial charge < -0.3 is 4.90 Å². The first kappa shape index (κ1) is 20.4. The van der Waals surface area contributed by atoms with Gasteiger partial charge in [-0.25, -0.2) is 15.0 Å². The fourth-order valence-electron chi connectivity index (χ4n) is 3.59. The fourth-order valence-corrected chi connectivity index (χ4v) is 4.14. The molecule has 1 fully saturated rings. The lowest BCUT2D eigenvalue weighted by Gasteiger charge is -2.23. The number of nitrogens with zero attached hydrogens (tertiary/aromatic N) is 6. The number of non-ortho nitro benzene ring substituents is 1. The van der Waals surface area contributed by atoms with E-state index in [4.69, 9.17) is 4.98 Å². The lowest BCUT2D eigenvalue weighted by Crippen LogP contribution is -2.31. The highest BCUT2D eigenvalue weighted by Crippen LogP contribution is 2.24. The van der Waals surface area contributed by atoms with Crippen molar-refractivity contribution >= 4 is 22.8 Å². The highest BCUT2D eigenvalue weighted by Gasteiger charge is 2.18. The van der Waals surface area contributed by atoms with Crippen molar-refractivity contribution in [3.63, 3.8) is 0 Å². The van der Waals surface area contributed by atoms with Crippen LogP contribution in [0.3, 0.4) is 0 Å². The standard InChI is InChI=1S/C21H24N6O2S/c1-2-17-12-20(24-21(23-17)16-4-6-19(7-5-16)27(28)29)26-9-3-8-25(10-11-26)13-18-14-30-15-22-18/h4-7,12,14-15H,2-3,8-11,13H2,1H3. The second kappa shape index (κ2) is 9.27. The third-order valence-electron chi connectivity index (χ3n) is 5.25. The van der Waals surface area contributed by atoms with Crippen LogP contribution < -0.4 is 4.90 Å². The van der Waals surface area contributed by atoms with Crippen LogP contribution in [-0.2, 0) is 13.0 Å². The van der Waals surface area contributed by atoms with Crippen molar-refractivity contribution in [2.24, 2.45) is 0 Å². The van der Waals surface area contributed by atoms with Crippen LogP contribution in [0.2, 0.25) is 0 Å². The Labute approximate surface area is 179 Å². The Kier molecular flexibility index (Phi) is 6.29. The number of hydrogen-bond acceptors (Lipinski definition) is 8. The molecule has 156 valence electrons. The second-order valence-electron chi connectivity index (χ2n) is 7.30. The Bertz CT molecular complexity index is 993. The predicted octanol–water partition coefficient (Wildman–Crippen LogP) is 3.78. The van der Waals surface area contributed by atoms with Gasteiger partial charge in [-0.05, 0) is 25.0 Å². The first-order valence-electron chi connectivity index (χ1n) is 10.1. The normalized spacial score (nSPS) is 15.2. The molecule has 1 saturated heterocycles.